The van der Waals surface area contributed by atoms with Crippen molar-refractivity contribution in [2.24, 2.45) is 0 Å². The number of carbonyl (C=O) groups is 3. The SMILES string of the molecule is Cc1cccc(NC(=O)NCCCCC(NC(=O)OCc2ccccc2)C(=O)NCCC(c2ccccc2)c2ccccc2)c1. The lowest BCUT2D eigenvalue weighted by Crippen LogP contribution is -2.47. The van der Waals surface area contributed by atoms with Crippen LogP contribution in [0.5, 0.6) is 0 Å². The van der Waals surface area contributed by atoms with E-state index in [1.165, 1.54) is 11.1 Å². The third kappa shape index (κ3) is 11.5. The fourth-order valence-corrected chi connectivity index (χ4v) is 5.11. The van der Waals surface area contributed by atoms with Gasteiger partial charge in [0.1, 0.15) is 12.6 Å². The highest BCUT2D eigenvalue weighted by Crippen LogP contribution is 2.27. The van der Waals surface area contributed by atoms with Crippen LogP contribution in [0.1, 0.15) is 53.9 Å². The summed E-state index contributed by atoms with van der Waals surface area (Å²) in [5.74, 6) is -0.149. The Kier molecular flexibility index (Phi) is 13.0. The lowest BCUT2D eigenvalue weighted by atomic mass is 9.88. The van der Waals surface area contributed by atoms with Gasteiger partial charge in [0, 0.05) is 24.7 Å². The molecular weight excluding hydrogens is 564 g/mol. The Hall–Kier alpha value is -5.11. The number of benzene rings is 4. The highest BCUT2D eigenvalue weighted by atomic mass is 16.5. The van der Waals surface area contributed by atoms with Crippen molar-refractivity contribution in [1.29, 1.82) is 0 Å². The molecule has 0 bridgehead atoms. The van der Waals surface area contributed by atoms with Crippen LogP contribution >= 0.6 is 0 Å². The zero-order valence-corrected chi connectivity index (χ0v) is 25.7. The van der Waals surface area contributed by atoms with E-state index in [2.05, 4.69) is 45.5 Å². The number of carbonyl (C=O) groups excluding carboxylic acids is 3. The first kappa shape index (κ1) is 32.8. The molecule has 8 heteroatoms. The van der Waals surface area contributed by atoms with E-state index in [-0.39, 0.29) is 24.5 Å². The molecule has 0 spiro atoms. The Bertz CT molecular complexity index is 1440. The van der Waals surface area contributed by atoms with E-state index in [1.54, 1.807) is 0 Å². The second kappa shape index (κ2) is 17.9. The van der Waals surface area contributed by atoms with E-state index in [0.717, 1.165) is 16.8 Å². The van der Waals surface area contributed by atoms with Crippen molar-refractivity contribution >= 4 is 23.7 Å². The van der Waals surface area contributed by atoms with Gasteiger partial charge in [-0.05, 0) is 67.0 Å². The van der Waals surface area contributed by atoms with Crippen molar-refractivity contribution in [3.8, 4) is 0 Å². The van der Waals surface area contributed by atoms with Gasteiger partial charge in [-0.1, -0.05) is 103 Å². The number of nitrogens with one attached hydrogen (secondary N) is 4. The predicted molar refractivity (Wildman–Crippen MR) is 178 cm³/mol. The molecule has 4 aromatic rings. The van der Waals surface area contributed by atoms with Crippen molar-refractivity contribution in [2.45, 2.75) is 51.2 Å². The summed E-state index contributed by atoms with van der Waals surface area (Å²) in [7, 11) is 0. The maximum absolute atomic E-state index is 13.3. The highest BCUT2D eigenvalue weighted by molar-refractivity contribution is 5.89. The molecule has 4 N–H and O–H groups in total. The molecule has 0 heterocycles. The second-order valence-corrected chi connectivity index (χ2v) is 11.0. The minimum absolute atomic E-state index is 0.108. The Morgan fingerprint density at radius 1 is 0.689 bits per heavy atom. The summed E-state index contributed by atoms with van der Waals surface area (Å²) in [4.78, 5) is 38.3. The summed E-state index contributed by atoms with van der Waals surface area (Å²) in [5.41, 5.74) is 5.00. The van der Waals surface area contributed by atoms with Gasteiger partial charge in [-0.15, -0.1) is 0 Å². The monoisotopic (exact) mass is 606 g/mol. The van der Waals surface area contributed by atoms with Gasteiger partial charge >= 0.3 is 12.1 Å². The molecule has 0 saturated carbocycles. The maximum atomic E-state index is 13.3. The lowest BCUT2D eigenvalue weighted by molar-refractivity contribution is -0.123. The number of hydrogen-bond acceptors (Lipinski definition) is 4. The summed E-state index contributed by atoms with van der Waals surface area (Å²) in [5, 5.41) is 11.5. The average Bonchev–Trinajstić information content (AvgIpc) is 3.06. The Morgan fingerprint density at radius 3 is 1.98 bits per heavy atom. The summed E-state index contributed by atoms with van der Waals surface area (Å²) in [6.45, 7) is 2.94. The van der Waals surface area contributed by atoms with Crippen LogP contribution in [0.15, 0.2) is 115 Å². The zero-order chi connectivity index (χ0) is 31.7. The third-order valence-corrected chi connectivity index (χ3v) is 7.44. The van der Waals surface area contributed by atoms with E-state index in [4.69, 9.17) is 4.74 Å². The first-order valence-corrected chi connectivity index (χ1v) is 15.4. The number of ether oxygens (including phenoxy) is 1. The summed E-state index contributed by atoms with van der Waals surface area (Å²) >= 11 is 0. The fourth-order valence-electron chi connectivity index (χ4n) is 5.11. The first-order valence-electron chi connectivity index (χ1n) is 15.4. The van der Waals surface area contributed by atoms with E-state index in [1.807, 2.05) is 97.9 Å². The fraction of sp³-hybridized carbons (Fsp3) is 0.270. The topological polar surface area (TPSA) is 109 Å². The molecule has 0 aliphatic rings. The van der Waals surface area contributed by atoms with Crippen LogP contribution in [0.25, 0.3) is 0 Å². The number of aryl methyl sites for hydroxylation is 1. The van der Waals surface area contributed by atoms with Gasteiger partial charge < -0.3 is 26.0 Å². The van der Waals surface area contributed by atoms with Gasteiger partial charge in [-0.3, -0.25) is 4.79 Å². The molecule has 0 aromatic heterocycles. The molecular formula is C37H42N4O4. The number of hydrogen-bond donors (Lipinski definition) is 4. The van der Waals surface area contributed by atoms with Crippen LogP contribution in [0.4, 0.5) is 15.3 Å². The van der Waals surface area contributed by atoms with Crippen molar-refractivity contribution in [1.82, 2.24) is 16.0 Å². The maximum Gasteiger partial charge on any atom is 0.408 e. The minimum atomic E-state index is -0.777. The quantitative estimate of drug-likeness (QED) is 0.110. The van der Waals surface area contributed by atoms with Crippen molar-refractivity contribution in [3.63, 3.8) is 0 Å². The van der Waals surface area contributed by atoms with Crippen LogP contribution in [0.3, 0.4) is 0 Å². The van der Waals surface area contributed by atoms with E-state index < -0.39 is 12.1 Å². The van der Waals surface area contributed by atoms with Crippen molar-refractivity contribution in [3.05, 3.63) is 138 Å². The van der Waals surface area contributed by atoms with E-state index in [9.17, 15) is 14.4 Å². The molecule has 4 aromatic carbocycles. The summed E-state index contributed by atoms with van der Waals surface area (Å²) in [6.07, 6.45) is 1.69. The van der Waals surface area contributed by atoms with E-state index in [0.29, 0.717) is 38.8 Å². The molecule has 0 aliphatic heterocycles. The zero-order valence-electron chi connectivity index (χ0n) is 25.7. The Morgan fingerprint density at radius 2 is 1.33 bits per heavy atom. The largest absolute Gasteiger partial charge is 0.445 e. The predicted octanol–water partition coefficient (Wildman–Crippen LogP) is 6.92. The minimum Gasteiger partial charge on any atom is -0.445 e. The molecule has 0 radical (unpaired) electrons. The van der Waals surface area contributed by atoms with Crippen LogP contribution < -0.4 is 21.3 Å². The molecule has 1 atom stereocenters. The number of rotatable bonds is 15. The molecule has 234 valence electrons. The van der Waals surface area contributed by atoms with Crippen LogP contribution in [-0.2, 0) is 16.1 Å². The molecule has 8 nitrogen and oxygen atoms in total. The molecule has 0 aliphatic carbocycles. The van der Waals surface area contributed by atoms with Gasteiger partial charge in [0.15, 0.2) is 0 Å². The van der Waals surface area contributed by atoms with Gasteiger partial charge in [-0.2, -0.15) is 0 Å². The Labute approximate surface area is 265 Å². The molecule has 0 fully saturated rings. The normalized spacial score (nSPS) is 11.3. The van der Waals surface area contributed by atoms with Crippen LogP contribution in [0.2, 0.25) is 0 Å². The number of amides is 4. The third-order valence-electron chi connectivity index (χ3n) is 7.44. The summed E-state index contributed by atoms with van der Waals surface area (Å²) in [6, 6.07) is 36.4. The molecule has 45 heavy (non-hydrogen) atoms. The summed E-state index contributed by atoms with van der Waals surface area (Å²) < 4.78 is 5.40. The smallest absolute Gasteiger partial charge is 0.408 e. The first-order chi connectivity index (χ1) is 22.0. The van der Waals surface area contributed by atoms with Crippen LogP contribution in [-0.4, -0.2) is 37.2 Å². The molecule has 4 amide bonds. The average molecular weight is 607 g/mol. The lowest BCUT2D eigenvalue weighted by Gasteiger charge is -2.21. The standard InChI is InChI=1S/C37H42N4O4/c1-28-14-13-21-32(26-28)40-36(43)39-24-12-11-22-34(41-37(44)45-27-29-15-5-2-6-16-29)35(42)38-25-23-33(30-17-7-3-8-18-30)31-19-9-4-10-20-31/h2-10,13-21,26,33-34H,11-12,22-25,27H2,1H3,(H,38,42)(H,41,44)(H2,39,40,43). The molecule has 4 rings (SSSR count). The van der Waals surface area contributed by atoms with Crippen molar-refractivity contribution < 1.29 is 19.1 Å². The van der Waals surface area contributed by atoms with E-state index >= 15 is 0 Å². The van der Waals surface area contributed by atoms with Crippen LogP contribution in [0, 0.1) is 6.92 Å². The van der Waals surface area contributed by atoms with Gasteiger partial charge in [-0.25, -0.2) is 9.59 Å². The van der Waals surface area contributed by atoms with Gasteiger partial charge in [0.05, 0.1) is 0 Å². The number of urea groups is 1. The Balaban J connectivity index is 1.29. The molecule has 1 unspecified atom stereocenters. The van der Waals surface area contributed by atoms with Crippen molar-refractivity contribution in [2.75, 3.05) is 18.4 Å². The highest BCUT2D eigenvalue weighted by Gasteiger charge is 2.22. The number of anilines is 1. The van der Waals surface area contributed by atoms with Gasteiger partial charge in [0.2, 0.25) is 5.91 Å². The number of unbranched alkanes of at least 4 members (excludes halogenated alkanes) is 1. The van der Waals surface area contributed by atoms with Gasteiger partial charge in [0.25, 0.3) is 0 Å². The molecule has 0 saturated heterocycles. The number of alkyl carbamates (subject to hydrolysis) is 1. The second-order valence-electron chi connectivity index (χ2n) is 11.0.